The second-order valence-corrected chi connectivity index (χ2v) is 11.6. The molecule has 41 heavy (non-hydrogen) atoms. The number of benzene rings is 2. The Kier molecular flexibility index (Phi) is 9.05. The first-order valence-corrected chi connectivity index (χ1v) is 15.1. The molecule has 0 aliphatic heterocycles. The van der Waals surface area contributed by atoms with Gasteiger partial charge in [0.05, 0.1) is 11.4 Å². The van der Waals surface area contributed by atoms with Crippen LogP contribution in [0.1, 0.15) is 68.7 Å². The van der Waals surface area contributed by atoms with Crippen LogP contribution in [0, 0.1) is 5.82 Å². The van der Waals surface area contributed by atoms with Crippen molar-refractivity contribution in [2.75, 3.05) is 10.6 Å². The summed E-state index contributed by atoms with van der Waals surface area (Å²) in [5.74, 6) is -2.35. The lowest BCUT2D eigenvalue weighted by atomic mass is 9.95. The molecule has 8 nitrogen and oxygen atoms in total. The number of carbonyl (C=O) groups excluding carboxylic acids is 3. The van der Waals surface area contributed by atoms with Crippen molar-refractivity contribution in [2.45, 2.75) is 50.7 Å². The van der Waals surface area contributed by atoms with E-state index in [0.717, 1.165) is 54.1 Å². The normalized spacial score (nSPS) is 14.3. The summed E-state index contributed by atoms with van der Waals surface area (Å²) < 4.78 is 19.5. The second kappa shape index (κ2) is 13.0. The van der Waals surface area contributed by atoms with Crippen LogP contribution in [-0.2, 0) is 11.3 Å². The molecule has 1 saturated carbocycles. The number of para-hydroxylation sites is 1. The van der Waals surface area contributed by atoms with Gasteiger partial charge in [0.1, 0.15) is 10.7 Å². The predicted octanol–water partition coefficient (Wildman–Crippen LogP) is 5.69. The first kappa shape index (κ1) is 28.4. The molecular formula is C30H30FN5O3S2. The molecule has 1 aliphatic carbocycles. The van der Waals surface area contributed by atoms with E-state index in [0.29, 0.717) is 4.88 Å². The molecule has 0 radical (unpaired) electrons. The summed E-state index contributed by atoms with van der Waals surface area (Å²) in [6, 6.07) is 17.4. The van der Waals surface area contributed by atoms with Crippen molar-refractivity contribution in [1.82, 2.24) is 15.0 Å². The highest BCUT2D eigenvalue weighted by Crippen LogP contribution is 2.36. The number of halogens is 1. The number of hydrogen-bond acceptors (Lipinski definition) is 7. The number of hydrogen-bond donors (Lipinski definition) is 3. The predicted molar refractivity (Wildman–Crippen MR) is 159 cm³/mol. The first-order valence-electron chi connectivity index (χ1n) is 13.4. The SMILES string of the molecule is Nc1c(C(=O)NC2CCCCC2)nsc1C(=O)N(c1ccccc1F)[C@H](C(=O)NCc1ccccc1)c1cccs1. The molecule has 1 aliphatic rings. The van der Waals surface area contributed by atoms with Crippen LogP contribution < -0.4 is 21.3 Å². The molecule has 212 valence electrons. The molecule has 0 bridgehead atoms. The van der Waals surface area contributed by atoms with E-state index < -0.39 is 29.6 Å². The number of anilines is 2. The van der Waals surface area contributed by atoms with Gasteiger partial charge in [0.15, 0.2) is 11.7 Å². The maximum atomic E-state index is 15.3. The highest BCUT2D eigenvalue weighted by Gasteiger charge is 2.38. The Balaban J connectivity index is 1.49. The van der Waals surface area contributed by atoms with Crippen molar-refractivity contribution in [1.29, 1.82) is 0 Å². The number of carbonyl (C=O) groups is 3. The minimum atomic E-state index is -1.20. The highest BCUT2D eigenvalue weighted by atomic mass is 32.1. The van der Waals surface area contributed by atoms with Crippen LogP contribution in [0.15, 0.2) is 72.1 Å². The average molecular weight is 592 g/mol. The van der Waals surface area contributed by atoms with Crippen LogP contribution in [0.5, 0.6) is 0 Å². The summed E-state index contributed by atoms with van der Waals surface area (Å²) in [4.78, 5) is 42.6. The van der Waals surface area contributed by atoms with Crippen LogP contribution in [0.25, 0.3) is 0 Å². The minimum Gasteiger partial charge on any atom is -0.395 e. The zero-order chi connectivity index (χ0) is 28.8. The van der Waals surface area contributed by atoms with E-state index in [2.05, 4.69) is 15.0 Å². The molecule has 2 aromatic heterocycles. The van der Waals surface area contributed by atoms with Gasteiger partial charge in [-0.25, -0.2) is 4.39 Å². The van der Waals surface area contributed by atoms with E-state index in [1.165, 1.54) is 29.5 Å². The largest absolute Gasteiger partial charge is 0.395 e. The Bertz CT molecular complexity index is 1500. The monoisotopic (exact) mass is 591 g/mol. The fourth-order valence-electron chi connectivity index (χ4n) is 4.94. The summed E-state index contributed by atoms with van der Waals surface area (Å²) in [6.07, 6.45) is 4.97. The van der Waals surface area contributed by atoms with Gasteiger partial charge in [0.25, 0.3) is 11.8 Å². The van der Waals surface area contributed by atoms with Gasteiger partial charge in [-0.1, -0.05) is 67.8 Å². The Morgan fingerprint density at radius 1 is 1.00 bits per heavy atom. The fourth-order valence-corrected chi connectivity index (χ4v) is 6.49. The number of amides is 3. The van der Waals surface area contributed by atoms with Gasteiger partial charge in [-0.3, -0.25) is 19.3 Å². The van der Waals surface area contributed by atoms with Crippen LogP contribution in [0.3, 0.4) is 0 Å². The molecule has 2 heterocycles. The number of rotatable bonds is 9. The van der Waals surface area contributed by atoms with Crippen LogP contribution in [-0.4, -0.2) is 28.1 Å². The molecule has 4 N–H and O–H groups in total. The van der Waals surface area contributed by atoms with Gasteiger partial charge in [0, 0.05) is 17.5 Å². The van der Waals surface area contributed by atoms with Crippen LogP contribution in [0.2, 0.25) is 0 Å². The van der Waals surface area contributed by atoms with Crippen LogP contribution >= 0.6 is 22.9 Å². The van der Waals surface area contributed by atoms with Gasteiger partial charge in [-0.05, 0) is 53.5 Å². The summed E-state index contributed by atoms with van der Waals surface area (Å²) >= 11 is 2.03. The highest BCUT2D eigenvalue weighted by molar-refractivity contribution is 7.10. The molecule has 2 aromatic carbocycles. The Hall–Kier alpha value is -4.09. The number of thiophene rings is 1. The molecule has 1 atom stereocenters. The smallest absolute Gasteiger partial charge is 0.273 e. The third-order valence-corrected chi connectivity index (χ3v) is 8.81. The van der Waals surface area contributed by atoms with E-state index in [-0.39, 0.29) is 34.5 Å². The quantitative estimate of drug-likeness (QED) is 0.231. The van der Waals surface area contributed by atoms with E-state index in [1.54, 1.807) is 23.6 Å². The van der Waals surface area contributed by atoms with Gasteiger partial charge in [0.2, 0.25) is 5.91 Å². The number of aromatic nitrogens is 1. The third kappa shape index (κ3) is 6.47. The second-order valence-electron chi connectivity index (χ2n) is 9.83. The summed E-state index contributed by atoms with van der Waals surface area (Å²) in [5.41, 5.74) is 6.98. The van der Waals surface area contributed by atoms with Gasteiger partial charge < -0.3 is 16.4 Å². The molecule has 0 spiro atoms. The summed E-state index contributed by atoms with van der Waals surface area (Å²) in [6.45, 7) is 0.217. The van der Waals surface area contributed by atoms with Crippen molar-refractivity contribution < 1.29 is 18.8 Å². The van der Waals surface area contributed by atoms with Gasteiger partial charge in [-0.2, -0.15) is 4.37 Å². The third-order valence-electron chi connectivity index (χ3n) is 7.04. The molecule has 5 rings (SSSR count). The number of nitrogens with zero attached hydrogens (tertiary/aromatic N) is 2. The molecule has 11 heteroatoms. The van der Waals surface area contributed by atoms with Crippen molar-refractivity contribution in [3.8, 4) is 0 Å². The minimum absolute atomic E-state index is 0.0305. The lowest BCUT2D eigenvalue weighted by Gasteiger charge is -2.30. The summed E-state index contributed by atoms with van der Waals surface area (Å²) in [5, 5.41) is 7.65. The van der Waals surface area contributed by atoms with E-state index in [1.807, 2.05) is 30.3 Å². The van der Waals surface area contributed by atoms with Crippen molar-refractivity contribution in [3.63, 3.8) is 0 Å². The van der Waals surface area contributed by atoms with Crippen molar-refractivity contribution in [2.24, 2.45) is 0 Å². The lowest BCUT2D eigenvalue weighted by molar-refractivity contribution is -0.122. The zero-order valence-corrected chi connectivity index (χ0v) is 23.8. The fraction of sp³-hybridized carbons (Fsp3) is 0.267. The van der Waals surface area contributed by atoms with Gasteiger partial charge >= 0.3 is 0 Å². The Morgan fingerprint density at radius 2 is 1.73 bits per heavy atom. The van der Waals surface area contributed by atoms with Crippen molar-refractivity contribution in [3.05, 3.63) is 98.9 Å². The Morgan fingerprint density at radius 3 is 2.44 bits per heavy atom. The van der Waals surface area contributed by atoms with E-state index in [9.17, 15) is 14.4 Å². The van der Waals surface area contributed by atoms with Crippen molar-refractivity contribution >= 4 is 52.0 Å². The molecule has 3 amide bonds. The standard InChI is InChI=1S/C30H30FN5O3S2/c31-21-14-7-8-15-22(21)36(26(23-16-9-17-40-23)29(38)33-18-19-10-3-1-4-11-19)30(39)27-24(32)25(35-41-27)28(37)34-20-12-5-2-6-13-20/h1,3-4,7-11,14-17,20,26H,2,5-6,12-13,18,32H2,(H,33,38)(H,34,37)/t26-/m0/s1. The number of nitrogens with one attached hydrogen (secondary N) is 2. The average Bonchev–Trinajstić information content (AvgIpc) is 3.66. The maximum Gasteiger partial charge on any atom is 0.273 e. The number of nitrogen functional groups attached to an aromatic ring is 1. The van der Waals surface area contributed by atoms with Crippen LogP contribution in [0.4, 0.5) is 15.8 Å². The molecule has 0 saturated heterocycles. The molecule has 4 aromatic rings. The zero-order valence-electron chi connectivity index (χ0n) is 22.2. The number of nitrogens with two attached hydrogens (primary N) is 1. The molecule has 0 unspecified atom stereocenters. The van der Waals surface area contributed by atoms with E-state index in [4.69, 9.17) is 5.73 Å². The Labute approximate surface area is 245 Å². The lowest BCUT2D eigenvalue weighted by Crippen LogP contribution is -2.44. The molecule has 1 fully saturated rings. The first-order chi connectivity index (χ1) is 19.9. The maximum absolute atomic E-state index is 15.3. The topological polar surface area (TPSA) is 117 Å². The van der Waals surface area contributed by atoms with E-state index >= 15 is 4.39 Å². The van der Waals surface area contributed by atoms with Gasteiger partial charge in [-0.15, -0.1) is 11.3 Å². The molecular weight excluding hydrogens is 561 g/mol. The summed E-state index contributed by atoms with van der Waals surface area (Å²) in [7, 11) is 0.